The number of hydrogen-bond acceptors (Lipinski definition) is 3. The molecule has 3 rings (SSSR count). The molecule has 0 N–H and O–H groups in total. The van der Waals surface area contributed by atoms with Crippen LogP contribution in [0.15, 0.2) is 24.0 Å². The topological polar surface area (TPSA) is 30.7 Å². The van der Waals surface area contributed by atoms with Gasteiger partial charge in [-0.3, -0.25) is 4.98 Å². The minimum absolute atomic E-state index is 0.740. The maximum absolute atomic E-state index is 4.31. The second-order valence-corrected chi connectivity index (χ2v) is 4.15. The van der Waals surface area contributed by atoms with E-state index in [9.17, 15) is 0 Å². The summed E-state index contributed by atoms with van der Waals surface area (Å²) in [6, 6.07) is 2.11. The molecule has 2 aromatic rings. The van der Waals surface area contributed by atoms with Gasteiger partial charge >= 0.3 is 0 Å². The monoisotopic (exact) mass is 191 g/mol. The fraction of sp³-hybridized carbons (Fsp3) is 0.333. The van der Waals surface area contributed by atoms with Crippen LogP contribution in [0, 0.1) is 0 Å². The Labute approximate surface area is 80.0 Å². The van der Waals surface area contributed by atoms with Crippen LogP contribution in [0.3, 0.4) is 0 Å². The highest BCUT2D eigenvalue weighted by molar-refractivity contribution is 7.12. The second kappa shape index (κ2) is 2.67. The largest absolute Gasteiger partial charge is 0.251 e. The molecule has 66 valence electrons. The quantitative estimate of drug-likeness (QED) is 0.728. The summed E-state index contributed by atoms with van der Waals surface area (Å²) in [5, 5.41) is 5.42. The van der Waals surface area contributed by atoms with Gasteiger partial charge in [-0.15, -0.1) is 11.3 Å². The molecule has 0 spiro atoms. The Morgan fingerprint density at radius 3 is 3.08 bits per heavy atom. The molecule has 0 bridgehead atoms. The van der Waals surface area contributed by atoms with E-state index in [1.807, 2.05) is 22.6 Å². The van der Waals surface area contributed by atoms with E-state index in [1.165, 1.54) is 18.5 Å². The molecule has 1 saturated carbocycles. The molecule has 0 saturated heterocycles. The lowest BCUT2D eigenvalue weighted by Crippen LogP contribution is -1.97. The Balaban J connectivity index is 2.08. The summed E-state index contributed by atoms with van der Waals surface area (Å²) < 4.78 is 2.01. The highest BCUT2D eigenvalue weighted by atomic mass is 32.1. The molecule has 0 aliphatic heterocycles. The normalized spacial score (nSPS) is 16.3. The molecule has 1 aliphatic rings. The van der Waals surface area contributed by atoms with Crippen molar-refractivity contribution in [3.8, 4) is 5.00 Å². The Morgan fingerprint density at radius 1 is 1.46 bits per heavy atom. The van der Waals surface area contributed by atoms with Gasteiger partial charge in [-0.25, -0.2) is 4.68 Å². The van der Waals surface area contributed by atoms with Crippen molar-refractivity contribution in [3.05, 3.63) is 29.7 Å². The summed E-state index contributed by atoms with van der Waals surface area (Å²) in [7, 11) is 0. The fourth-order valence-electron chi connectivity index (χ4n) is 1.50. The highest BCUT2D eigenvalue weighted by Crippen LogP contribution is 2.40. The van der Waals surface area contributed by atoms with Gasteiger partial charge in [-0.1, -0.05) is 0 Å². The van der Waals surface area contributed by atoms with Crippen LogP contribution in [0.2, 0.25) is 0 Å². The average Bonchev–Trinajstić information content (AvgIpc) is 2.72. The Morgan fingerprint density at radius 2 is 2.38 bits per heavy atom. The van der Waals surface area contributed by atoms with Gasteiger partial charge in [0.25, 0.3) is 0 Å². The van der Waals surface area contributed by atoms with Crippen molar-refractivity contribution in [2.75, 3.05) is 0 Å². The summed E-state index contributed by atoms with van der Waals surface area (Å²) in [5.74, 6) is 0.740. The smallest absolute Gasteiger partial charge is 0.137 e. The zero-order chi connectivity index (χ0) is 8.67. The van der Waals surface area contributed by atoms with Crippen molar-refractivity contribution >= 4 is 11.3 Å². The van der Waals surface area contributed by atoms with Crippen LogP contribution in [-0.2, 0) is 0 Å². The summed E-state index contributed by atoms with van der Waals surface area (Å²) >= 11 is 1.63. The lowest BCUT2D eigenvalue weighted by Gasteiger charge is -2.01. The number of rotatable bonds is 2. The van der Waals surface area contributed by atoms with E-state index in [0.717, 1.165) is 10.9 Å². The minimum Gasteiger partial charge on any atom is -0.251 e. The average molecular weight is 191 g/mol. The third kappa shape index (κ3) is 1.18. The zero-order valence-electron chi connectivity index (χ0n) is 7.05. The van der Waals surface area contributed by atoms with E-state index in [2.05, 4.69) is 16.1 Å². The van der Waals surface area contributed by atoms with Gasteiger partial charge in [0.1, 0.15) is 5.00 Å². The van der Waals surface area contributed by atoms with Crippen molar-refractivity contribution < 1.29 is 0 Å². The van der Waals surface area contributed by atoms with Gasteiger partial charge in [0.15, 0.2) is 0 Å². The van der Waals surface area contributed by atoms with E-state index in [1.54, 1.807) is 11.3 Å². The number of nitrogens with zero attached hydrogens (tertiary/aromatic N) is 3. The second-order valence-electron chi connectivity index (χ2n) is 3.28. The summed E-state index contributed by atoms with van der Waals surface area (Å²) in [6.07, 6.45) is 6.35. The predicted octanol–water partition coefficient (Wildman–Crippen LogP) is 2.21. The SMILES string of the molecule is c1cc(C2CC2)n(-c2cncs2)n1. The molecule has 0 amide bonds. The van der Waals surface area contributed by atoms with Crippen LogP contribution < -0.4 is 0 Å². The van der Waals surface area contributed by atoms with Crippen LogP contribution >= 0.6 is 11.3 Å². The molecular weight excluding hydrogens is 182 g/mol. The fourth-order valence-corrected chi connectivity index (χ4v) is 2.10. The maximum Gasteiger partial charge on any atom is 0.137 e. The maximum atomic E-state index is 4.31. The predicted molar refractivity (Wildman–Crippen MR) is 51.2 cm³/mol. The molecule has 0 unspecified atom stereocenters. The third-order valence-corrected chi connectivity index (χ3v) is 3.04. The van der Waals surface area contributed by atoms with Crippen molar-refractivity contribution in [2.24, 2.45) is 0 Å². The zero-order valence-corrected chi connectivity index (χ0v) is 7.87. The molecule has 13 heavy (non-hydrogen) atoms. The van der Waals surface area contributed by atoms with Crippen molar-refractivity contribution in [1.82, 2.24) is 14.8 Å². The molecule has 2 heterocycles. The summed E-state index contributed by atoms with van der Waals surface area (Å²) in [4.78, 5) is 4.06. The van der Waals surface area contributed by atoms with E-state index in [0.29, 0.717) is 0 Å². The molecule has 0 radical (unpaired) electrons. The first-order valence-electron chi connectivity index (χ1n) is 4.38. The number of hydrogen-bond donors (Lipinski definition) is 0. The highest BCUT2D eigenvalue weighted by Gasteiger charge is 2.27. The van der Waals surface area contributed by atoms with E-state index < -0.39 is 0 Å². The van der Waals surface area contributed by atoms with Gasteiger partial charge < -0.3 is 0 Å². The molecule has 0 aromatic carbocycles. The minimum atomic E-state index is 0.740. The molecule has 0 atom stereocenters. The van der Waals surface area contributed by atoms with Crippen LogP contribution in [-0.4, -0.2) is 14.8 Å². The lowest BCUT2D eigenvalue weighted by atomic mass is 10.3. The van der Waals surface area contributed by atoms with Gasteiger partial charge in [0.2, 0.25) is 0 Å². The lowest BCUT2D eigenvalue weighted by molar-refractivity contribution is 0.819. The number of aromatic nitrogens is 3. The molecular formula is C9H9N3S. The van der Waals surface area contributed by atoms with E-state index in [4.69, 9.17) is 0 Å². The molecule has 3 nitrogen and oxygen atoms in total. The standard InChI is InChI=1S/C9H9N3S/c1-2-7(1)8-3-4-11-12(8)9-5-10-6-13-9/h3-7H,1-2H2. The number of thiazole rings is 1. The first-order valence-corrected chi connectivity index (χ1v) is 5.26. The van der Waals surface area contributed by atoms with Crippen molar-refractivity contribution in [2.45, 2.75) is 18.8 Å². The molecule has 4 heteroatoms. The Hall–Kier alpha value is -1.16. The Kier molecular flexibility index (Phi) is 1.49. The Bertz CT molecular complexity index is 400. The first kappa shape index (κ1) is 7.26. The molecule has 2 aromatic heterocycles. The van der Waals surface area contributed by atoms with Crippen molar-refractivity contribution in [3.63, 3.8) is 0 Å². The third-order valence-electron chi connectivity index (χ3n) is 2.30. The van der Waals surface area contributed by atoms with Gasteiger partial charge in [-0.05, 0) is 18.9 Å². The molecule has 1 fully saturated rings. The van der Waals surface area contributed by atoms with Gasteiger partial charge in [0, 0.05) is 17.8 Å². The summed E-state index contributed by atoms with van der Waals surface area (Å²) in [5.41, 5.74) is 3.18. The van der Waals surface area contributed by atoms with Gasteiger partial charge in [0.05, 0.1) is 11.7 Å². The van der Waals surface area contributed by atoms with Crippen molar-refractivity contribution in [1.29, 1.82) is 0 Å². The first-order chi connectivity index (χ1) is 6.45. The summed E-state index contributed by atoms with van der Waals surface area (Å²) in [6.45, 7) is 0. The van der Waals surface area contributed by atoms with E-state index in [-0.39, 0.29) is 0 Å². The molecule has 1 aliphatic carbocycles. The van der Waals surface area contributed by atoms with Crippen LogP contribution in [0.1, 0.15) is 24.5 Å². The van der Waals surface area contributed by atoms with Crippen LogP contribution in [0.4, 0.5) is 0 Å². The van der Waals surface area contributed by atoms with Gasteiger partial charge in [-0.2, -0.15) is 5.10 Å². The van der Waals surface area contributed by atoms with Crippen LogP contribution in [0.25, 0.3) is 5.00 Å². The van der Waals surface area contributed by atoms with Crippen LogP contribution in [0.5, 0.6) is 0 Å². The van der Waals surface area contributed by atoms with E-state index >= 15 is 0 Å².